The second kappa shape index (κ2) is 6.58. The zero-order valence-electron chi connectivity index (χ0n) is 11.7. The Labute approximate surface area is 117 Å². The van der Waals surface area contributed by atoms with Crippen LogP contribution in [-0.2, 0) is 19.6 Å². The summed E-state index contributed by atoms with van der Waals surface area (Å²) in [6.45, 7) is 1.38. The highest BCUT2D eigenvalue weighted by Crippen LogP contribution is 2.28. The van der Waals surface area contributed by atoms with Crippen molar-refractivity contribution >= 4 is 16.0 Å². The number of carbonyl (C=O) groups is 1. The van der Waals surface area contributed by atoms with E-state index < -0.39 is 22.0 Å². The van der Waals surface area contributed by atoms with Crippen molar-refractivity contribution in [2.24, 2.45) is 0 Å². The first-order chi connectivity index (χ1) is 9.35. The molecule has 1 rings (SSSR count). The van der Waals surface area contributed by atoms with E-state index in [0.717, 1.165) is 0 Å². The molecule has 7 nitrogen and oxygen atoms in total. The number of nitrogens with one attached hydrogen (secondary N) is 1. The summed E-state index contributed by atoms with van der Waals surface area (Å²) in [5.74, 6) is -0.178. The first kappa shape index (κ1) is 16.3. The van der Waals surface area contributed by atoms with Crippen LogP contribution in [0.4, 0.5) is 0 Å². The molecule has 0 aliphatic rings. The van der Waals surface area contributed by atoms with Crippen LogP contribution < -0.4 is 14.2 Å². The van der Waals surface area contributed by atoms with Gasteiger partial charge in [-0.2, -0.15) is 4.72 Å². The van der Waals surface area contributed by atoms with Gasteiger partial charge in [-0.3, -0.25) is 4.79 Å². The maximum absolute atomic E-state index is 12.3. The summed E-state index contributed by atoms with van der Waals surface area (Å²) in [6, 6.07) is 3.34. The third kappa shape index (κ3) is 3.61. The van der Waals surface area contributed by atoms with Gasteiger partial charge < -0.3 is 14.2 Å². The Morgan fingerprint density at radius 2 is 1.85 bits per heavy atom. The average Bonchev–Trinajstić information content (AvgIpc) is 2.44. The van der Waals surface area contributed by atoms with Crippen molar-refractivity contribution in [3.8, 4) is 11.5 Å². The minimum absolute atomic E-state index is 0.116. The zero-order chi connectivity index (χ0) is 15.3. The maximum Gasteiger partial charge on any atom is 0.323 e. The van der Waals surface area contributed by atoms with Crippen LogP contribution in [0.25, 0.3) is 0 Å². The highest BCUT2D eigenvalue weighted by Gasteiger charge is 2.25. The summed E-state index contributed by atoms with van der Waals surface area (Å²) in [6.07, 6.45) is 0. The van der Waals surface area contributed by atoms with E-state index in [1.165, 1.54) is 40.4 Å². The molecule has 0 saturated heterocycles. The molecule has 0 spiro atoms. The van der Waals surface area contributed by atoms with Crippen molar-refractivity contribution in [3.63, 3.8) is 0 Å². The summed E-state index contributed by atoms with van der Waals surface area (Å²) in [7, 11) is 0.00512. The second-order valence-electron chi connectivity index (χ2n) is 3.88. The predicted octanol–water partition coefficient (Wildman–Crippen LogP) is 0.544. The van der Waals surface area contributed by atoms with Crippen LogP contribution in [0, 0.1) is 0 Å². The van der Waals surface area contributed by atoms with Crippen LogP contribution in [0.5, 0.6) is 11.5 Å². The Hall–Kier alpha value is -1.80. The monoisotopic (exact) mass is 303 g/mol. The van der Waals surface area contributed by atoms with Gasteiger partial charge in [-0.15, -0.1) is 0 Å². The number of methoxy groups -OCH3 is 3. The average molecular weight is 303 g/mol. The molecule has 0 aliphatic heterocycles. The van der Waals surface area contributed by atoms with Crippen LogP contribution >= 0.6 is 0 Å². The lowest BCUT2D eigenvalue weighted by molar-refractivity contribution is -0.142. The Bertz CT molecular complexity index is 584. The Kier molecular flexibility index (Phi) is 5.34. The van der Waals surface area contributed by atoms with Crippen molar-refractivity contribution in [1.82, 2.24) is 4.72 Å². The molecular formula is C12H17NO6S. The highest BCUT2D eigenvalue weighted by atomic mass is 32.2. The molecule has 0 bridgehead atoms. The van der Waals surface area contributed by atoms with Crippen molar-refractivity contribution in [1.29, 1.82) is 0 Å². The Morgan fingerprint density at radius 3 is 2.35 bits per heavy atom. The van der Waals surface area contributed by atoms with Crippen LogP contribution in [0.1, 0.15) is 6.92 Å². The molecule has 0 heterocycles. The number of esters is 1. The summed E-state index contributed by atoms with van der Waals surface area (Å²) in [5.41, 5.74) is 0. The zero-order valence-corrected chi connectivity index (χ0v) is 12.5. The quantitative estimate of drug-likeness (QED) is 0.771. The maximum atomic E-state index is 12.3. The van der Waals surface area contributed by atoms with Crippen LogP contribution in [0.3, 0.4) is 0 Å². The fourth-order valence-electron chi connectivity index (χ4n) is 1.52. The molecule has 0 saturated carbocycles. The summed E-state index contributed by atoms with van der Waals surface area (Å²) < 4.78 is 41.2. The first-order valence-corrected chi connectivity index (χ1v) is 7.16. The molecule has 1 aromatic carbocycles. The molecule has 0 aromatic heterocycles. The number of rotatable bonds is 6. The molecule has 1 unspecified atom stereocenters. The lowest BCUT2D eigenvalue weighted by atomic mass is 10.3. The molecule has 8 heteroatoms. The lowest BCUT2D eigenvalue weighted by Gasteiger charge is -2.15. The van der Waals surface area contributed by atoms with Gasteiger partial charge in [0.1, 0.15) is 22.4 Å². The van der Waals surface area contributed by atoms with Crippen LogP contribution in [0.2, 0.25) is 0 Å². The number of ether oxygens (including phenoxy) is 3. The highest BCUT2D eigenvalue weighted by molar-refractivity contribution is 7.89. The number of carbonyl (C=O) groups excluding carboxylic acids is 1. The normalized spacial score (nSPS) is 12.6. The largest absolute Gasteiger partial charge is 0.497 e. The van der Waals surface area contributed by atoms with Gasteiger partial charge in [0.2, 0.25) is 10.0 Å². The Morgan fingerprint density at radius 1 is 1.20 bits per heavy atom. The van der Waals surface area contributed by atoms with Gasteiger partial charge in [-0.05, 0) is 19.1 Å². The third-order valence-corrected chi connectivity index (χ3v) is 4.11. The van der Waals surface area contributed by atoms with Crippen molar-refractivity contribution in [2.75, 3.05) is 21.3 Å². The molecule has 20 heavy (non-hydrogen) atoms. The smallest absolute Gasteiger partial charge is 0.323 e. The van der Waals surface area contributed by atoms with Gasteiger partial charge >= 0.3 is 5.97 Å². The standard InChI is InChI=1S/C12H17NO6S/c1-8(12(14)19-4)13-20(15,16)11-7-9(17-2)5-6-10(11)18-3/h5-8,13H,1-4H3. The lowest BCUT2D eigenvalue weighted by Crippen LogP contribution is -2.39. The van der Waals surface area contributed by atoms with E-state index in [1.807, 2.05) is 0 Å². The molecule has 0 fully saturated rings. The topological polar surface area (TPSA) is 90.9 Å². The van der Waals surface area contributed by atoms with E-state index in [4.69, 9.17) is 9.47 Å². The van der Waals surface area contributed by atoms with Crippen molar-refractivity contribution < 1.29 is 27.4 Å². The van der Waals surface area contributed by atoms with Gasteiger partial charge in [-0.25, -0.2) is 8.42 Å². The van der Waals surface area contributed by atoms with Crippen molar-refractivity contribution in [3.05, 3.63) is 18.2 Å². The fourth-order valence-corrected chi connectivity index (χ4v) is 2.89. The van der Waals surface area contributed by atoms with Gasteiger partial charge in [0.15, 0.2) is 0 Å². The Balaban J connectivity index is 3.17. The van der Waals surface area contributed by atoms with Crippen LogP contribution in [-0.4, -0.2) is 41.8 Å². The molecule has 112 valence electrons. The number of hydrogen-bond donors (Lipinski definition) is 1. The van der Waals surface area contributed by atoms with Gasteiger partial charge in [0.25, 0.3) is 0 Å². The van der Waals surface area contributed by atoms with Crippen molar-refractivity contribution in [2.45, 2.75) is 17.9 Å². The first-order valence-electron chi connectivity index (χ1n) is 5.68. The summed E-state index contributed by atoms with van der Waals surface area (Å²) >= 11 is 0. The molecule has 0 amide bonds. The fraction of sp³-hybridized carbons (Fsp3) is 0.417. The minimum atomic E-state index is -3.95. The van der Waals surface area contributed by atoms with Gasteiger partial charge in [0.05, 0.1) is 21.3 Å². The van der Waals surface area contributed by atoms with Gasteiger partial charge in [0, 0.05) is 6.07 Å². The minimum Gasteiger partial charge on any atom is -0.497 e. The van der Waals surface area contributed by atoms with E-state index in [1.54, 1.807) is 6.07 Å². The van der Waals surface area contributed by atoms with Crippen LogP contribution in [0.15, 0.2) is 23.1 Å². The van der Waals surface area contributed by atoms with E-state index >= 15 is 0 Å². The predicted molar refractivity (Wildman–Crippen MR) is 71.3 cm³/mol. The van der Waals surface area contributed by atoms with E-state index in [-0.39, 0.29) is 10.6 Å². The SMILES string of the molecule is COC(=O)C(C)NS(=O)(=O)c1cc(OC)ccc1OC. The third-order valence-electron chi connectivity index (χ3n) is 2.55. The molecule has 1 N–H and O–H groups in total. The number of sulfonamides is 1. The molecular weight excluding hydrogens is 286 g/mol. The van der Waals surface area contributed by atoms with E-state index in [2.05, 4.69) is 9.46 Å². The molecule has 1 aromatic rings. The van der Waals surface area contributed by atoms with E-state index in [0.29, 0.717) is 5.75 Å². The van der Waals surface area contributed by atoms with Gasteiger partial charge in [-0.1, -0.05) is 0 Å². The molecule has 1 atom stereocenters. The second-order valence-corrected chi connectivity index (χ2v) is 5.57. The number of hydrogen-bond acceptors (Lipinski definition) is 6. The number of benzene rings is 1. The molecule has 0 aliphatic carbocycles. The van der Waals surface area contributed by atoms with E-state index in [9.17, 15) is 13.2 Å². The molecule has 0 radical (unpaired) electrons. The summed E-state index contributed by atoms with van der Waals surface area (Å²) in [5, 5.41) is 0. The summed E-state index contributed by atoms with van der Waals surface area (Å²) in [4.78, 5) is 11.2.